The minimum absolute atomic E-state index is 0.465. The van der Waals surface area contributed by atoms with E-state index in [9.17, 15) is 5.11 Å². The summed E-state index contributed by atoms with van der Waals surface area (Å²) in [4.78, 5) is 0. The number of nitrogens with zero attached hydrogens (tertiary/aromatic N) is 2. The third-order valence-corrected chi connectivity index (χ3v) is 2.86. The van der Waals surface area contributed by atoms with Crippen LogP contribution in [0.4, 0.5) is 0 Å². The Balaban J connectivity index is 2.30. The van der Waals surface area contributed by atoms with Gasteiger partial charge >= 0.3 is 0 Å². The molecule has 1 atom stereocenters. The van der Waals surface area contributed by atoms with Gasteiger partial charge in [0.25, 0.3) is 0 Å². The van der Waals surface area contributed by atoms with Crippen molar-refractivity contribution in [1.29, 1.82) is 0 Å². The quantitative estimate of drug-likeness (QED) is 0.722. The fourth-order valence-corrected chi connectivity index (χ4v) is 2.20. The fraction of sp³-hybridized carbons (Fsp3) is 0.700. The Hall–Kier alpha value is -0.870. The highest BCUT2D eigenvalue weighted by molar-refractivity contribution is 5.32. The number of likely N-dealkylation sites (N-methyl/N-ethyl adjacent to an activating group) is 1. The van der Waals surface area contributed by atoms with E-state index < -0.39 is 6.10 Å². The van der Waals surface area contributed by atoms with Crippen LogP contribution >= 0.6 is 0 Å². The second-order valence-corrected chi connectivity index (χ2v) is 3.86. The highest BCUT2D eigenvalue weighted by Gasteiger charge is 2.24. The number of aliphatic hydroxyl groups is 1. The standard InChI is InChI=1S/C10H17N3O/c1-11-6-9(14)10-7-4-3-5-8(7)13(2)12-10/h9,11,14H,3-6H2,1-2H3. The van der Waals surface area contributed by atoms with E-state index in [1.807, 2.05) is 18.8 Å². The van der Waals surface area contributed by atoms with Gasteiger partial charge in [-0.05, 0) is 31.9 Å². The van der Waals surface area contributed by atoms with Crippen molar-refractivity contribution in [2.75, 3.05) is 13.6 Å². The van der Waals surface area contributed by atoms with Crippen LogP contribution in [0.1, 0.15) is 29.5 Å². The summed E-state index contributed by atoms with van der Waals surface area (Å²) in [5, 5.41) is 17.2. The molecule has 0 bridgehead atoms. The van der Waals surface area contributed by atoms with Crippen LogP contribution in [0.5, 0.6) is 0 Å². The maximum absolute atomic E-state index is 9.86. The maximum atomic E-state index is 9.86. The van der Waals surface area contributed by atoms with Crippen molar-refractivity contribution in [3.8, 4) is 0 Å². The molecule has 0 fully saturated rings. The number of aromatic nitrogens is 2. The highest BCUT2D eigenvalue weighted by Crippen LogP contribution is 2.27. The molecule has 1 aliphatic carbocycles. The molecule has 4 heteroatoms. The van der Waals surface area contributed by atoms with Crippen LogP contribution in [0.2, 0.25) is 0 Å². The van der Waals surface area contributed by atoms with Gasteiger partial charge in [0.1, 0.15) is 6.10 Å². The predicted octanol–water partition coefficient (Wildman–Crippen LogP) is 0.162. The summed E-state index contributed by atoms with van der Waals surface area (Å²) < 4.78 is 1.91. The number of nitrogens with one attached hydrogen (secondary N) is 1. The van der Waals surface area contributed by atoms with Crippen molar-refractivity contribution < 1.29 is 5.11 Å². The zero-order valence-corrected chi connectivity index (χ0v) is 8.75. The zero-order chi connectivity index (χ0) is 10.1. The lowest BCUT2D eigenvalue weighted by Crippen LogP contribution is -2.18. The van der Waals surface area contributed by atoms with Gasteiger partial charge in [0.05, 0.1) is 5.69 Å². The molecule has 4 nitrogen and oxygen atoms in total. The average Bonchev–Trinajstić information content (AvgIpc) is 2.70. The van der Waals surface area contributed by atoms with Crippen LogP contribution in [-0.2, 0) is 19.9 Å². The molecule has 0 spiro atoms. The number of aliphatic hydroxyl groups excluding tert-OH is 1. The lowest BCUT2D eigenvalue weighted by molar-refractivity contribution is 0.171. The lowest BCUT2D eigenvalue weighted by Gasteiger charge is -2.07. The third-order valence-electron chi connectivity index (χ3n) is 2.86. The van der Waals surface area contributed by atoms with Gasteiger partial charge in [0, 0.05) is 19.3 Å². The molecular formula is C10H17N3O. The van der Waals surface area contributed by atoms with Crippen molar-refractivity contribution in [1.82, 2.24) is 15.1 Å². The van der Waals surface area contributed by atoms with Gasteiger partial charge in [0.15, 0.2) is 0 Å². The average molecular weight is 195 g/mol. The molecule has 0 aliphatic heterocycles. The number of fused-ring (bicyclic) bond motifs is 1. The van der Waals surface area contributed by atoms with Gasteiger partial charge in [-0.3, -0.25) is 4.68 Å². The molecule has 2 N–H and O–H groups in total. The van der Waals surface area contributed by atoms with Crippen LogP contribution in [0.25, 0.3) is 0 Å². The molecule has 14 heavy (non-hydrogen) atoms. The molecular weight excluding hydrogens is 178 g/mol. The van der Waals surface area contributed by atoms with E-state index in [-0.39, 0.29) is 0 Å². The van der Waals surface area contributed by atoms with E-state index in [0.29, 0.717) is 6.54 Å². The van der Waals surface area contributed by atoms with E-state index >= 15 is 0 Å². The molecule has 1 aliphatic rings. The van der Waals surface area contributed by atoms with Crippen LogP contribution in [0.15, 0.2) is 0 Å². The molecule has 1 unspecified atom stereocenters. The Morgan fingerprint density at radius 1 is 1.57 bits per heavy atom. The van der Waals surface area contributed by atoms with Gasteiger partial charge in [-0.1, -0.05) is 0 Å². The molecule has 0 aromatic carbocycles. The smallest absolute Gasteiger partial charge is 0.110 e. The summed E-state index contributed by atoms with van der Waals surface area (Å²) in [5.74, 6) is 0. The molecule has 1 aromatic rings. The Kier molecular flexibility index (Phi) is 2.56. The minimum atomic E-state index is -0.465. The molecule has 2 rings (SSSR count). The molecule has 0 radical (unpaired) electrons. The third kappa shape index (κ3) is 1.44. The summed E-state index contributed by atoms with van der Waals surface area (Å²) in [6, 6.07) is 0. The lowest BCUT2D eigenvalue weighted by atomic mass is 10.1. The summed E-state index contributed by atoms with van der Waals surface area (Å²) in [7, 11) is 3.80. The van der Waals surface area contributed by atoms with Crippen molar-refractivity contribution in [3.05, 3.63) is 17.0 Å². The molecule has 0 amide bonds. The first-order chi connectivity index (χ1) is 6.74. The minimum Gasteiger partial charge on any atom is -0.385 e. The van der Waals surface area contributed by atoms with Crippen molar-refractivity contribution in [3.63, 3.8) is 0 Å². The van der Waals surface area contributed by atoms with Gasteiger partial charge in [-0.15, -0.1) is 0 Å². The summed E-state index contributed by atoms with van der Waals surface area (Å²) in [6.45, 7) is 0.573. The second kappa shape index (κ2) is 3.71. The SMILES string of the molecule is CNCC(O)c1nn(C)c2c1CCC2. The van der Waals surface area contributed by atoms with Gasteiger partial charge in [-0.2, -0.15) is 5.10 Å². The number of hydrogen-bond donors (Lipinski definition) is 2. The summed E-state index contributed by atoms with van der Waals surface area (Å²) in [5.41, 5.74) is 3.44. The second-order valence-electron chi connectivity index (χ2n) is 3.86. The van der Waals surface area contributed by atoms with E-state index in [1.54, 1.807) is 0 Å². The van der Waals surface area contributed by atoms with Gasteiger partial charge in [-0.25, -0.2) is 0 Å². The van der Waals surface area contributed by atoms with Crippen LogP contribution < -0.4 is 5.32 Å². The normalized spacial score (nSPS) is 17.1. The Labute approximate surface area is 83.9 Å². The van der Waals surface area contributed by atoms with Crippen LogP contribution in [0, 0.1) is 0 Å². The predicted molar refractivity (Wildman–Crippen MR) is 54.1 cm³/mol. The molecule has 1 heterocycles. The Morgan fingerprint density at radius 2 is 2.36 bits per heavy atom. The molecule has 78 valence electrons. The topological polar surface area (TPSA) is 50.1 Å². The number of hydrogen-bond acceptors (Lipinski definition) is 3. The van der Waals surface area contributed by atoms with E-state index in [4.69, 9.17) is 0 Å². The van der Waals surface area contributed by atoms with E-state index in [0.717, 1.165) is 18.5 Å². The Morgan fingerprint density at radius 3 is 3.07 bits per heavy atom. The number of rotatable bonds is 3. The monoisotopic (exact) mass is 195 g/mol. The van der Waals surface area contributed by atoms with Crippen LogP contribution in [-0.4, -0.2) is 28.5 Å². The first kappa shape index (κ1) is 9.68. The largest absolute Gasteiger partial charge is 0.385 e. The Bertz CT molecular complexity index is 332. The summed E-state index contributed by atoms with van der Waals surface area (Å²) >= 11 is 0. The molecule has 0 saturated heterocycles. The molecule has 1 aromatic heterocycles. The van der Waals surface area contributed by atoms with E-state index in [1.165, 1.54) is 17.7 Å². The van der Waals surface area contributed by atoms with Crippen LogP contribution in [0.3, 0.4) is 0 Å². The van der Waals surface area contributed by atoms with Crippen molar-refractivity contribution >= 4 is 0 Å². The van der Waals surface area contributed by atoms with Gasteiger partial charge in [0.2, 0.25) is 0 Å². The highest BCUT2D eigenvalue weighted by atomic mass is 16.3. The van der Waals surface area contributed by atoms with E-state index in [2.05, 4.69) is 10.4 Å². The van der Waals surface area contributed by atoms with Crippen molar-refractivity contribution in [2.45, 2.75) is 25.4 Å². The zero-order valence-electron chi connectivity index (χ0n) is 8.75. The summed E-state index contributed by atoms with van der Waals surface area (Å²) in [6.07, 6.45) is 2.90. The van der Waals surface area contributed by atoms with Crippen molar-refractivity contribution in [2.24, 2.45) is 7.05 Å². The fourth-order valence-electron chi connectivity index (χ4n) is 2.20. The molecule has 0 saturated carbocycles. The first-order valence-electron chi connectivity index (χ1n) is 5.11. The number of aryl methyl sites for hydroxylation is 1. The van der Waals surface area contributed by atoms with Gasteiger partial charge < -0.3 is 10.4 Å². The maximum Gasteiger partial charge on any atom is 0.110 e. The first-order valence-corrected chi connectivity index (χ1v) is 5.11.